The second kappa shape index (κ2) is 7.57. The van der Waals surface area contributed by atoms with Gasteiger partial charge in [0.2, 0.25) is 5.78 Å². The Labute approximate surface area is 144 Å². The lowest BCUT2D eigenvalue weighted by atomic mass is 9.97. The van der Waals surface area contributed by atoms with Crippen LogP contribution < -0.4 is 0 Å². The fourth-order valence-corrected chi connectivity index (χ4v) is 2.56. The van der Waals surface area contributed by atoms with Gasteiger partial charge in [-0.05, 0) is 44.0 Å². The van der Waals surface area contributed by atoms with Gasteiger partial charge >= 0.3 is 11.9 Å². The highest BCUT2D eigenvalue weighted by Crippen LogP contribution is 2.18. The number of rotatable bonds is 6. The average molecular weight is 343 g/mol. The molecule has 1 heterocycles. The summed E-state index contributed by atoms with van der Waals surface area (Å²) in [5, 5.41) is 10.5. The molecule has 0 fully saturated rings. The number of hydrogen-bond acceptors (Lipinski definition) is 6. The summed E-state index contributed by atoms with van der Waals surface area (Å²) < 4.78 is 9.80. The zero-order valence-corrected chi connectivity index (χ0v) is 14.1. The molecule has 25 heavy (non-hydrogen) atoms. The van der Waals surface area contributed by atoms with Crippen molar-refractivity contribution in [3.8, 4) is 0 Å². The van der Waals surface area contributed by atoms with Crippen molar-refractivity contribution in [1.29, 1.82) is 0 Å². The number of carbonyl (C=O) groups is 2. The monoisotopic (exact) mass is 343 g/mol. The Morgan fingerprint density at radius 2 is 1.84 bits per heavy atom. The summed E-state index contributed by atoms with van der Waals surface area (Å²) >= 11 is 0. The lowest BCUT2D eigenvalue weighted by molar-refractivity contribution is -0.402. The minimum atomic E-state index is -0.741. The molecular weight excluding hydrogens is 326 g/mol. The average Bonchev–Trinajstić information content (AvgIpc) is 2.99. The molecule has 0 amide bonds. The molecule has 7 heteroatoms. The number of furan rings is 1. The predicted molar refractivity (Wildman–Crippen MR) is 90.3 cm³/mol. The van der Waals surface area contributed by atoms with E-state index in [1.165, 1.54) is 18.2 Å². The van der Waals surface area contributed by atoms with E-state index in [-0.39, 0.29) is 18.2 Å². The van der Waals surface area contributed by atoms with Gasteiger partial charge in [0, 0.05) is 11.6 Å². The number of benzene rings is 1. The van der Waals surface area contributed by atoms with Crippen molar-refractivity contribution in [1.82, 2.24) is 0 Å². The van der Waals surface area contributed by atoms with Gasteiger partial charge in [-0.25, -0.2) is 4.79 Å². The van der Waals surface area contributed by atoms with E-state index in [1.807, 2.05) is 32.9 Å². The van der Waals surface area contributed by atoms with Crippen LogP contribution in [0.25, 0.3) is 6.08 Å². The predicted octanol–water partition coefficient (Wildman–Crippen LogP) is 3.55. The molecule has 0 bridgehead atoms. The first kappa shape index (κ1) is 18.1. The Balaban J connectivity index is 1.96. The Bertz CT molecular complexity index is 839. The maximum atomic E-state index is 12.3. The smallest absolute Gasteiger partial charge is 0.433 e. The minimum absolute atomic E-state index is 0.139. The van der Waals surface area contributed by atoms with Crippen molar-refractivity contribution in [2.24, 2.45) is 0 Å². The fraction of sp³-hybridized carbons (Fsp3) is 0.222. The highest BCUT2D eigenvalue weighted by atomic mass is 16.6. The van der Waals surface area contributed by atoms with Gasteiger partial charge in [0.1, 0.15) is 10.7 Å². The second-order valence-electron chi connectivity index (χ2n) is 5.57. The van der Waals surface area contributed by atoms with Gasteiger partial charge in [0.15, 0.2) is 6.61 Å². The quantitative estimate of drug-likeness (QED) is 0.261. The Morgan fingerprint density at radius 3 is 2.40 bits per heavy atom. The van der Waals surface area contributed by atoms with Gasteiger partial charge in [-0.3, -0.25) is 14.9 Å². The maximum absolute atomic E-state index is 12.3. The number of ketones is 1. The number of nitro groups is 1. The van der Waals surface area contributed by atoms with Crippen molar-refractivity contribution in [2.45, 2.75) is 20.8 Å². The molecule has 0 aliphatic carbocycles. The first-order valence-electron chi connectivity index (χ1n) is 7.48. The lowest BCUT2D eigenvalue weighted by Gasteiger charge is -2.10. The van der Waals surface area contributed by atoms with Crippen molar-refractivity contribution in [3.63, 3.8) is 0 Å². The van der Waals surface area contributed by atoms with Crippen molar-refractivity contribution in [2.75, 3.05) is 6.61 Å². The van der Waals surface area contributed by atoms with E-state index in [4.69, 9.17) is 9.15 Å². The number of ether oxygens (including phenoxy) is 1. The summed E-state index contributed by atoms with van der Waals surface area (Å²) in [5.74, 6) is -1.31. The van der Waals surface area contributed by atoms with Crippen molar-refractivity contribution < 1.29 is 23.7 Å². The van der Waals surface area contributed by atoms with Crippen LogP contribution in [0.15, 0.2) is 34.8 Å². The van der Waals surface area contributed by atoms with Crippen LogP contribution in [0.1, 0.15) is 32.8 Å². The fourth-order valence-electron chi connectivity index (χ4n) is 2.56. The van der Waals surface area contributed by atoms with Gasteiger partial charge < -0.3 is 9.15 Å². The zero-order chi connectivity index (χ0) is 18.6. The molecule has 0 atom stereocenters. The van der Waals surface area contributed by atoms with E-state index in [0.717, 1.165) is 22.8 Å². The molecule has 0 aliphatic rings. The number of Topliss-reactive ketones (excluding diaryl/α,β-unsaturated/α-hetero) is 1. The van der Waals surface area contributed by atoms with Gasteiger partial charge in [-0.1, -0.05) is 17.7 Å². The molecule has 0 saturated carbocycles. The van der Waals surface area contributed by atoms with Crippen molar-refractivity contribution in [3.05, 3.63) is 68.5 Å². The largest absolute Gasteiger partial charge is 0.454 e. The Morgan fingerprint density at radius 1 is 1.20 bits per heavy atom. The first-order valence-corrected chi connectivity index (χ1v) is 7.48. The van der Waals surface area contributed by atoms with Crippen LogP contribution in [0, 0.1) is 30.9 Å². The molecule has 2 rings (SSSR count). The summed E-state index contributed by atoms with van der Waals surface area (Å²) in [6.45, 7) is 5.22. The summed E-state index contributed by atoms with van der Waals surface area (Å²) in [4.78, 5) is 33.8. The van der Waals surface area contributed by atoms with Crippen LogP contribution in [-0.4, -0.2) is 23.3 Å². The molecule has 0 aliphatic heterocycles. The molecule has 0 unspecified atom stereocenters. The van der Waals surface area contributed by atoms with E-state index < -0.39 is 16.8 Å². The third kappa shape index (κ3) is 4.63. The van der Waals surface area contributed by atoms with E-state index in [2.05, 4.69) is 0 Å². The SMILES string of the molecule is Cc1cc(C)c(C(=O)COC(=O)/C=C/c2ccc([N+](=O)[O-])o2)c(C)c1. The summed E-state index contributed by atoms with van der Waals surface area (Å²) in [5.41, 5.74) is 3.26. The summed E-state index contributed by atoms with van der Waals surface area (Å²) in [7, 11) is 0. The highest BCUT2D eigenvalue weighted by molar-refractivity contribution is 6.01. The topological polar surface area (TPSA) is 99.7 Å². The molecule has 1 aromatic carbocycles. The van der Waals surface area contributed by atoms with Crippen LogP contribution in [0.5, 0.6) is 0 Å². The van der Waals surface area contributed by atoms with Crippen LogP contribution in [0.4, 0.5) is 5.88 Å². The van der Waals surface area contributed by atoms with Gasteiger partial charge in [0.25, 0.3) is 0 Å². The van der Waals surface area contributed by atoms with Crippen LogP contribution >= 0.6 is 0 Å². The molecule has 0 spiro atoms. The zero-order valence-electron chi connectivity index (χ0n) is 14.1. The van der Waals surface area contributed by atoms with E-state index in [0.29, 0.717) is 5.56 Å². The van der Waals surface area contributed by atoms with Gasteiger partial charge in [0.05, 0.1) is 6.07 Å². The molecule has 1 aromatic heterocycles. The van der Waals surface area contributed by atoms with Crippen LogP contribution in [-0.2, 0) is 9.53 Å². The summed E-state index contributed by atoms with van der Waals surface area (Å²) in [6.07, 6.45) is 2.28. The highest BCUT2D eigenvalue weighted by Gasteiger charge is 2.15. The third-order valence-electron chi connectivity index (χ3n) is 3.48. The maximum Gasteiger partial charge on any atom is 0.433 e. The Kier molecular flexibility index (Phi) is 5.49. The molecule has 0 N–H and O–H groups in total. The summed E-state index contributed by atoms with van der Waals surface area (Å²) in [6, 6.07) is 6.32. The number of esters is 1. The Hall–Kier alpha value is -3.22. The molecule has 7 nitrogen and oxygen atoms in total. The number of carbonyl (C=O) groups excluding carboxylic acids is 2. The molecule has 2 aromatic rings. The van der Waals surface area contributed by atoms with Gasteiger partial charge in [-0.2, -0.15) is 0 Å². The van der Waals surface area contributed by atoms with E-state index in [9.17, 15) is 19.7 Å². The normalized spacial score (nSPS) is 10.8. The van der Waals surface area contributed by atoms with E-state index in [1.54, 1.807) is 0 Å². The first-order chi connectivity index (χ1) is 11.8. The van der Waals surface area contributed by atoms with E-state index >= 15 is 0 Å². The van der Waals surface area contributed by atoms with Crippen LogP contribution in [0.2, 0.25) is 0 Å². The minimum Gasteiger partial charge on any atom is -0.454 e. The van der Waals surface area contributed by atoms with Crippen LogP contribution in [0.3, 0.4) is 0 Å². The second-order valence-corrected chi connectivity index (χ2v) is 5.57. The number of aryl methyl sites for hydroxylation is 3. The molecule has 130 valence electrons. The molecule has 0 saturated heterocycles. The van der Waals surface area contributed by atoms with Gasteiger partial charge in [-0.15, -0.1) is 0 Å². The standard InChI is InChI=1S/C18H17NO6/c1-11-8-12(2)18(13(3)9-11)15(20)10-24-17(21)7-5-14-4-6-16(25-14)19(22)23/h4-9H,10H2,1-3H3/b7-5+. The third-order valence-corrected chi connectivity index (χ3v) is 3.48. The molecule has 0 radical (unpaired) electrons. The number of nitrogens with zero attached hydrogens (tertiary/aromatic N) is 1. The van der Waals surface area contributed by atoms with Crippen molar-refractivity contribution >= 4 is 23.7 Å². The lowest BCUT2D eigenvalue weighted by Crippen LogP contribution is -2.15. The molecular formula is C18H17NO6. The number of hydrogen-bond donors (Lipinski definition) is 0.